The van der Waals surface area contributed by atoms with Gasteiger partial charge in [0.15, 0.2) is 0 Å². The minimum absolute atomic E-state index is 1.12. The molecule has 0 amide bonds. The molecule has 0 aliphatic heterocycles. The van der Waals surface area contributed by atoms with Crippen molar-refractivity contribution in [1.82, 2.24) is 13.7 Å². The molecule has 63 heavy (non-hydrogen) atoms. The van der Waals surface area contributed by atoms with Gasteiger partial charge in [-0.05, 0) is 130 Å². The zero-order chi connectivity index (χ0) is 41.4. The van der Waals surface area contributed by atoms with E-state index in [0.717, 1.165) is 17.1 Å². The Kier molecular flexibility index (Phi) is 7.91. The predicted octanol–water partition coefficient (Wildman–Crippen LogP) is 16.0. The summed E-state index contributed by atoms with van der Waals surface area (Å²) in [7, 11) is 0. The molecule has 0 aliphatic rings. The number of benzene rings is 10. The van der Waals surface area contributed by atoms with E-state index >= 15 is 0 Å². The van der Waals surface area contributed by atoms with Crippen LogP contribution in [-0.2, 0) is 0 Å². The average Bonchev–Trinajstić information content (AvgIpc) is 3.99. The topological polar surface area (TPSA) is 14.8 Å². The van der Waals surface area contributed by atoms with Crippen molar-refractivity contribution in [3.8, 4) is 50.4 Å². The highest BCUT2D eigenvalue weighted by atomic mass is 15.0. The summed E-state index contributed by atoms with van der Waals surface area (Å²) in [6.07, 6.45) is 0. The van der Waals surface area contributed by atoms with Crippen LogP contribution in [0, 0.1) is 0 Å². The number of aromatic nitrogens is 3. The largest absolute Gasteiger partial charge is 0.309 e. The first-order chi connectivity index (χ1) is 31.2. The van der Waals surface area contributed by atoms with Gasteiger partial charge >= 0.3 is 0 Å². The predicted molar refractivity (Wildman–Crippen MR) is 266 cm³/mol. The van der Waals surface area contributed by atoms with Gasteiger partial charge in [-0.15, -0.1) is 0 Å². The van der Waals surface area contributed by atoms with Gasteiger partial charge in [-0.3, -0.25) is 0 Å². The fourth-order valence-electron chi connectivity index (χ4n) is 10.2. The highest BCUT2D eigenvalue weighted by Gasteiger charge is 2.19. The zero-order valence-corrected chi connectivity index (χ0v) is 34.4. The van der Waals surface area contributed by atoms with Gasteiger partial charge in [-0.25, -0.2) is 0 Å². The Morgan fingerprint density at radius 3 is 0.905 bits per heavy atom. The first-order valence-electron chi connectivity index (χ1n) is 21.7. The van der Waals surface area contributed by atoms with Crippen molar-refractivity contribution in [3.63, 3.8) is 0 Å². The van der Waals surface area contributed by atoms with Crippen molar-refractivity contribution in [2.24, 2.45) is 0 Å². The third-order valence-corrected chi connectivity index (χ3v) is 13.0. The summed E-state index contributed by atoms with van der Waals surface area (Å²) in [5.41, 5.74) is 17.7. The Bertz CT molecular complexity index is 3710. The van der Waals surface area contributed by atoms with Crippen LogP contribution in [0.1, 0.15) is 0 Å². The number of fused-ring (bicyclic) bond motifs is 9. The molecular weight excluding hydrogens is 763 g/mol. The van der Waals surface area contributed by atoms with E-state index in [1.807, 2.05) is 0 Å². The average molecular weight is 802 g/mol. The number of para-hydroxylation sites is 5. The summed E-state index contributed by atoms with van der Waals surface area (Å²) in [5.74, 6) is 0. The SMILES string of the molecule is c1ccc(-c2ccc3c(c2)c2ccccc2n3-c2cc(-c3ccc4c(c3)c3ccccc3n4-c3ccccc3)cc(-c3ccc4c(c3)c3ccccc3n4-c3ccccc3)c2)cc1. The molecule has 0 radical (unpaired) electrons. The maximum absolute atomic E-state index is 2.46. The number of hydrogen-bond donors (Lipinski definition) is 0. The van der Waals surface area contributed by atoms with E-state index in [0.29, 0.717) is 0 Å². The second kappa shape index (κ2) is 14.1. The molecule has 0 aliphatic carbocycles. The summed E-state index contributed by atoms with van der Waals surface area (Å²) in [6.45, 7) is 0. The highest BCUT2D eigenvalue weighted by Crippen LogP contribution is 2.41. The van der Waals surface area contributed by atoms with Crippen LogP contribution in [0.2, 0.25) is 0 Å². The lowest BCUT2D eigenvalue weighted by Crippen LogP contribution is -1.96. The normalized spacial score (nSPS) is 11.8. The van der Waals surface area contributed by atoms with Gasteiger partial charge in [0.25, 0.3) is 0 Å². The Hall–Kier alpha value is -8.40. The molecule has 13 aromatic rings. The van der Waals surface area contributed by atoms with E-state index in [9.17, 15) is 0 Å². The maximum atomic E-state index is 2.46. The summed E-state index contributed by atoms with van der Waals surface area (Å²) in [6, 6.07) is 86.6. The van der Waals surface area contributed by atoms with E-state index in [4.69, 9.17) is 0 Å². The maximum Gasteiger partial charge on any atom is 0.0541 e. The molecule has 0 atom stereocenters. The minimum atomic E-state index is 1.12. The molecule has 0 saturated heterocycles. The van der Waals surface area contributed by atoms with Crippen molar-refractivity contribution in [1.29, 1.82) is 0 Å². The van der Waals surface area contributed by atoms with Crippen LogP contribution in [0.3, 0.4) is 0 Å². The fraction of sp³-hybridized carbons (Fsp3) is 0. The van der Waals surface area contributed by atoms with Gasteiger partial charge in [0, 0.05) is 49.4 Å². The number of nitrogens with zero attached hydrogens (tertiary/aromatic N) is 3. The standard InChI is InChI=1S/C60H39N3/c1-4-16-40(17-5-1)41-28-31-60-52(37-41)51-24-12-15-27-57(51)63(60)48-35-44(42-29-32-58-53(38-42)49-22-10-13-25-55(49)61(58)46-18-6-2-7-19-46)34-45(36-48)43-30-33-59-54(39-43)50-23-11-14-26-56(50)62(59)47-20-8-3-9-21-47/h1-39H. The van der Waals surface area contributed by atoms with E-state index in [2.05, 4.69) is 250 Å². The van der Waals surface area contributed by atoms with Crippen molar-refractivity contribution in [3.05, 3.63) is 237 Å². The molecule has 3 heteroatoms. The van der Waals surface area contributed by atoms with Gasteiger partial charge in [0.2, 0.25) is 0 Å². The van der Waals surface area contributed by atoms with Gasteiger partial charge in [-0.1, -0.05) is 140 Å². The highest BCUT2D eigenvalue weighted by molar-refractivity contribution is 6.13. The Labute approximate surface area is 364 Å². The Balaban J connectivity index is 1.07. The first kappa shape index (κ1) is 35.4. The smallest absolute Gasteiger partial charge is 0.0541 e. The number of rotatable bonds is 6. The third-order valence-electron chi connectivity index (χ3n) is 13.0. The molecule has 3 nitrogen and oxygen atoms in total. The van der Waals surface area contributed by atoms with Crippen molar-refractivity contribution in [2.45, 2.75) is 0 Å². The molecule has 0 unspecified atom stereocenters. The molecule has 0 bridgehead atoms. The van der Waals surface area contributed by atoms with Crippen LogP contribution in [0.25, 0.3) is 116 Å². The van der Waals surface area contributed by atoms with Crippen molar-refractivity contribution < 1.29 is 0 Å². The van der Waals surface area contributed by atoms with E-state index in [1.54, 1.807) is 0 Å². The van der Waals surface area contributed by atoms with Gasteiger partial charge < -0.3 is 13.7 Å². The summed E-state index contributed by atoms with van der Waals surface area (Å²) in [5, 5.41) is 7.43. The third kappa shape index (κ3) is 5.60. The van der Waals surface area contributed by atoms with Crippen LogP contribution in [0.15, 0.2) is 237 Å². The van der Waals surface area contributed by atoms with Gasteiger partial charge in [0.1, 0.15) is 0 Å². The van der Waals surface area contributed by atoms with Crippen molar-refractivity contribution in [2.75, 3.05) is 0 Å². The van der Waals surface area contributed by atoms with Crippen molar-refractivity contribution >= 4 is 65.4 Å². The number of hydrogen-bond acceptors (Lipinski definition) is 0. The Morgan fingerprint density at radius 2 is 0.492 bits per heavy atom. The molecule has 3 heterocycles. The van der Waals surface area contributed by atoms with E-state index in [-0.39, 0.29) is 0 Å². The van der Waals surface area contributed by atoms with Crippen LogP contribution in [0.4, 0.5) is 0 Å². The lowest BCUT2D eigenvalue weighted by Gasteiger charge is -2.15. The van der Waals surface area contributed by atoms with Gasteiger partial charge in [0.05, 0.1) is 33.1 Å². The molecule has 0 fully saturated rings. The van der Waals surface area contributed by atoms with E-state index < -0.39 is 0 Å². The van der Waals surface area contributed by atoms with Gasteiger partial charge in [-0.2, -0.15) is 0 Å². The zero-order valence-electron chi connectivity index (χ0n) is 34.4. The molecule has 3 aromatic heterocycles. The molecular formula is C60H39N3. The molecule has 294 valence electrons. The molecule has 10 aromatic carbocycles. The molecule has 0 saturated carbocycles. The van der Waals surface area contributed by atoms with Crippen LogP contribution in [-0.4, -0.2) is 13.7 Å². The van der Waals surface area contributed by atoms with Crippen LogP contribution >= 0.6 is 0 Å². The first-order valence-corrected chi connectivity index (χ1v) is 21.7. The fourth-order valence-corrected chi connectivity index (χ4v) is 10.2. The Morgan fingerprint density at radius 1 is 0.175 bits per heavy atom. The molecule has 13 rings (SSSR count). The molecule has 0 spiro atoms. The summed E-state index contributed by atoms with van der Waals surface area (Å²) in [4.78, 5) is 0. The quantitative estimate of drug-likeness (QED) is 0.159. The summed E-state index contributed by atoms with van der Waals surface area (Å²) >= 11 is 0. The summed E-state index contributed by atoms with van der Waals surface area (Å²) < 4.78 is 7.24. The van der Waals surface area contributed by atoms with Crippen LogP contribution in [0.5, 0.6) is 0 Å². The monoisotopic (exact) mass is 801 g/mol. The second-order valence-corrected chi connectivity index (χ2v) is 16.6. The lowest BCUT2D eigenvalue weighted by atomic mass is 9.96. The molecule has 0 N–H and O–H groups in total. The second-order valence-electron chi connectivity index (χ2n) is 16.6. The van der Waals surface area contributed by atoms with E-state index in [1.165, 1.54) is 98.8 Å². The minimum Gasteiger partial charge on any atom is -0.309 e. The lowest BCUT2D eigenvalue weighted by molar-refractivity contribution is 1.18. The van der Waals surface area contributed by atoms with Crippen LogP contribution < -0.4 is 0 Å².